The monoisotopic (exact) mass is 365 g/mol. The summed E-state index contributed by atoms with van der Waals surface area (Å²) in [7, 11) is 0. The van der Waals surface area contributed by atoms with E-state index in [-0.39, 0.29) is 0 Å². The lowest BCUT2D eigenvalue weighted by Crippen LogP contribution is -2.35. The molecule has 1 aliphatic rings. The number of alkyl halides is 1. The largest absolute Gasteiger partial charge is 0.294 e. The average molecular weight is 367 g/mol. The standard InChI is InChI=1S/C12H17Br2NS/c13-8-10-4-2-1-3-7-15(10)9-11-5-6-12(14)16-11/h5-6,10H,1-4,7-9H2. The van der Waals surface area contributed by atoms with Crippen LogP contribution in [0.5, 0.6) is 0 Å². The fourth-order valence-electron chi connectivity index (χ4n) is 2.26. The van der Waals surface area contributed by atoms with Gasteiger partial charge in [0.1, 0.15) is 0 Å². The summed E-state index contributed by atoms with van der Waals surface area (Å²) in [5.74, 6) is 0. The van der Waals surface area contributed by atoms with Gasteiger partial charge in [0.15, 0.2) is 0 Å². The van der Waals surface area contributed by atoms with Crippen LogP contribution in [-0.2, 0) is 6.54 Å². The molecule has 4 heteroatoms. The molecule has 0 saturated carbocycles. The molecule has 0 spiro atoms. The van der Waals surface area contributed by atoms with Gasteiger partial charge in [-0.3, -0.25) is 4.90 Å². The minimum absolute atomic E-state index is 0.725. The highest BCUT2D eigenvalue weighted by molar-refractivity contribution is 9.11. The number of nitrogens with zero attached hydrogens (tertiary/aromatic N) is 1. The molecule has 2 heterocycles. The molecule has 0 aromatic carbocycles. The van der Waals surface area contributed by atoms with Crippen LogP contribution >= 0.6 is 43.2 Å². The fourth-order valence-corrected chi connectivity index (χ4v) is 4.50. The molecule has 1 nitrogen and oxygen atoms in total. The van der Waals surface area contributed by atoms with Crippen LogP contribution in [0.3, 0.4) is 0 Å². The maximum atomic E-state index is 3.66. The molecule has 1 atom stereocenters. The Morgan fingerprint density at radius 3 is 2.88 bits per heavy atom. The van der Waals surface area contributed by atoms with Gasteiger partial charge in [-0.1, -0.05) is 28.8 Å². The Morgan fingerprint density at radius 2 is 2.19 bits per heavy atom. The molecule has 90 valence electrons. The van der Waals surface area contributed by atoms with Crippen LogP contribution in [0.1, 0.15) is 30.6 Å². The molecule has 0 aliphatic carbocycles. The maximum absolute atomic E-state index is 3.66. The van der Waals surface area contributed by atoms with Crippen molar-refractivity contribution in [3.63, 3.8) is 0 Å². The number of halogens is 2. The second-order valence-corrected chi connectivity index (χ2v) is 7.53. The number of rotatable bonds is 3. The molecule has 1 aliphatic heterocycles. The number of hydrogen-bond donors (Lipinski definition) is 0. The molecule has 1 saturated heterocycles. The Hall–Kier alpha value is 0.620. The number of hydrogen-bond acceptors (Lipinski definition) is 2. The van der Waals surface area contributed by atoms with Crippen molar-refractivity contribution in [2.75, 3.05) is 11.9 Å². The molecular weight excluding hydrogens is 350 g/mol. The highest BCUT2D eigenvalue weighted by Gasteiger charge is 2.20. The summed E-state index contributed by atoms with van der Waals surface area (Å²) in [5, 5.41) is 1.11. The Labute approximate surface area is 118 Å². The van der Waals surface area contributed by atoms with E-state index >= 15 is 0 Å². The molecule has 16 heavy (non-hydrogen) atoms. The molecule has 1 fully saturated rings. The van der Waals surface area contributed by atoms with Crippen molar-refractivity contribution >= 4 is 43.2 Å². The topological polar surface area (TPSA) is 3.24 Å². The first-order chi connectivity index (χ1) is 7.79. The number of thiophene rings is 1. The highest BCUT2D eigenvalue weighted by Crippen LogP contribution is 2.26. The van der Waals surface area contributed by atoms with E-state index in [4.69, 9.17) is 0 Å². The first kappa shape index (κ1) is 13.1. The summed E-state index contributed by atoms with van der Waals surface area (Å²) in [5.41, 5.74) is 0. The van der Waals surface area contributed by atoms with E-state index in [1.807, 2.05) is 11.3 Å². The first-order valence-corrected chi connectivity index (χ1v) is 8.57. The van der Waals surface area contributed by atoms with Gasteiger partial charge in [-0.2, -0.15) is 0 Å². The first-order valence-electron chi connectivity index (χ1n) is 5.84. The van der Waals surface area contributed by atoms with Crippen molar-refractivity contribution in [1.29, 1.82) is 0 Å². The Bertz CT molecular complexity index is 327. The zero-order chi connectivity index (χ0) is 11.4. The van der Waals surface area contributed by atoms with Crippen molar-refractivity contribution in [3.05, 3.63) is 20.8 Å². The third-order valence-electron chi connectivity index (χ3n) is 3.16. The Balaban J connectivity index is 1.99. The lowest BCUT2D eigenvalue weighted by molar-refractivity contribution is 0.211. The minimum atomic E-state index is 0.725. The van der Waals surface area contributed by atoms with Gasteiger partial charge >= 0.3 is 0 Å². The van der Waals surface area contributed by atoms with Crippen LogP contribution in [0.2, 0.25) is 0 Å². The average Bonchev–Trinajstić information content (AvgIpc) is 2.56. The number of likely N-dealkylation sites (tertiary alicyclic amines) is 1. The van der Waals surface area contributed by atoms with Crippen molar-refractivity contribution in [2.45, 2.75) is 38.3 Å². The zero-order valence-electron chi connectivity index (χ0n) is 9.29. The maximum Gasteiger partial charge on any atom is 0.0701 e. The summed E-state index contributed by atoms with van der Waals surface area (Å²) >= 11 is 9.05. The third kappa shape index (κ3) is 3.56. The van der Waals surface area contributed by atoms with E-state index in [1.54, 1.807) is 0 Å². The van der Waals surface area contributed by atoms with Crippen LogP contribution in [0.15, 0.2) is 15.9 Å². The highest BCUT2D eigenvalue weighted by atomic mass is 79.9. The predicted molar refractivity (Wildman–Crippen MR) is 78.5 cm³/mol. The van der Waals surface area contributed by atoms with Gasteiger partial charge in [-0.15, -0.1) is 11.3 Å². The van der Waals surface area contributed by atoms with Crippen LogP contribution < -0.4 is 0 Å². The van der Waals surface area contributed by atoms with Crippen molar-refractivity contribution in [3.8, 4) is 0 Å². The lowest BCUT2D eigenvalue weighted by Gasteiger charge is -2.27. The van der Waals surface area contributed by atoms with Gasteiger partial charge in [0, 0.05) is 22.8 Å². The van der Waals surface area contributed by atoms with Crippen molar-refractivity contribution < 1.29 is 0 Å². The van der Waals surface area contributed by atoms with Crippen LogP contribution in [0, 0.1) is 0 Å². The molecule has 0 radical (unpaired) electrons. The van der Waals surface area contributed by atoms with E-state index in [9.17, 15) is 0 Å². The lowest BCUT2D eigenvalue weighted by atomic mass is 10.1. The third-order valence-corrected chi connectivity index (χ3v) is 5.52. The smallest absolute Gasteiger partial charge is 0.0701 e. The van der Waals surface area contributed by atoms with Gasteiger partial charge in [-0.05, 0) is 47.4 Å². The summed E-state index contributed by atoms with van der Waals surface area (Å²) in [6.07, 6.45) is 5.49. The molecule has 1 unspecified atom stereocenters. The molecular formula is C12H17Br2NS. The van der Waals surface area contributed by atoms with Gasteiger partial charge < -0.3 is 0 Å². The Morgan fingerprint density at radius 1 is 1.31 bits per heavy atom. The van der Waals surface area contributed by atoms with E-state index < -0.39 is 0 Å². The molecule has 0 amide bonds. The SMILES string of the molecule is BrCC1CCCCCN1Cc1ccc(Br)s1. The molecule has 0 N–H and O–H groups in total. The normalized spacial score (nSPS) is 23.2. The van der Waals surface area contributed by atoms with Gasteiger partial charge in [0.2, 0.25) is 0 Å². The van der Waals surface area contributed by atoms with Crippen molar-refractivity contribution in [2.24, 2.45) is 0 Å². The van der Waals surface area contributed by atoms with E-state index in [0.29, 0.717) is 0 Å². The van der Waals surface area contributed by atoms with Crippen LogP contribution in [-0.4, -0.2) is 22.8 Å². The Kier molecular flexibility index (Phi) is 5.33. The second-order valence-electron chi connectivity index (χ2n) is 4.33. The molecule has 0 bridgehead atoms. The predicted octanol–water partition coefficient (Wildman–Crippen LogP) is 4.65. The van der Waals surface area contributed by atoms with E-state index in [0.717, 1.165) is 17.9 Å². The van der Waals surface area contributed by atoms with Gasteiger partial charge in [0.25, 0.3) is 0 Å². The van der Waals surface area contributed by atoms with Gasteiger partial charge in [0.05, 0.1) is 3.79 Å². The molecule has 1 aromatic rings. The van der Waals surface area contributed by atoms with Crippen LogP contribution in [0.25, 0.3) is 0 Å². The van der Waals surface area contributed by atoms with E-state index in [2.05, 4.69) is 48.9 Å². The summed E-state index contributed by atoms with van der Waals surface area (Å²) < 4.78 is 1.24. The second kappa shape index (κ2) is 6.53. The summed E-state index contributed by atoms with van der Waals surface area (Å²) in [6, 6.07) is 5.12. The summed E-state index contributed by atoms with van der Waals surface area (Å²) in [4.78, 5) is 4.11. The van der Waals surface area contributed by atoms with Crippen molar-refractivity contribution in [1.82, 2.24) is 4.90 Å². The fraction of sp³-hybridized carbons (Fsp3) is 0.667. The molecule has 2 rings (SSSR count). The summed E-state index contributed by atoms with van der Waals surface area (Å²) in [6.45, 7) is 2.37. The quantitative estimate of drug-likeness (QED) is 0.703. The van der Waals surface area contributed by atoms with E-state index in [1.165, 1.54) is 40.9 Å². The van der Waals surface area contributed by atoms with Gasteiger partial charge in [-0.25, -0.2) is 0 Å². The minimum Gasteiger partial charge on any atom is -0.294 e. The molecule has 1 aromatic heterocycles. The van der Waals surface area contributed by atoms with Crippen LogP contribution in [0.4, 0.5) is 0 Å². The zero-order valence-corrected chi connectivity index (χ0v) is 13.3.